The SMILES string of the molecule is CC[N+](CC)(CC)S(=O)(=O)c1ccc(N2CCCC2=O)cc1.[Cl-]. The Morgan fingerprint density at radius 2 is 1.57 bits per heavy atom. The Morgan fingerprint density at radius 3 is 1.96 bits per heavy atom. The molecule has 0 aromatic heterocycles. The lowest BCUT2D eigenvalue weighted by atomic mass is 10.3. The van der Waals surface area contributed by atoms with Crippen molar-refractivity contribution in [1.82, 2.24) is 0 Å². The van der Waals surface area contributed by atoms with Gasteiger partial charge in [0.15, 0.2) is 0 Å². The first-order valence-corrected chi connectivity index (χ1v) is 9.37. The first-order valence-electron chi connectivity index (χ1n) is 7.93. The molecule has 0 spiro atoms. The van der Waals surface area contributed by atoms with E-state index in [0.717, 1.165) is 12.1 Å². The summed E-state index contributed by atoms with van der Waals surface area (Å²) in [5.41, 5.74) is 0.782. The summed E-state index contributed by atoms with van der Waals surface area (Å²) in [6.45, 7) is 8.06. The van der Waals surface area contributed by atoms with E-state index in [1.54, 1.807) is 29.2 Å². The van der Waals surface area contributed by atoms with E-state index in [4.69, 9.17) is 0 Å². The van der Waals surface area contributed by atoms with Gasteiger partial charge in [-0.3, -0.25) is 4.79 Å². The van der Waals surface area contributed by atoms with Gasteiger partial charge in [0.25, 0.3) is 0 Å². The van der Waals surface area contributed by atoms with Crippen LogP contribution in [-0.2, 0) is 14.8 Å². The number of rotatable bonds is 6. The van der Waals surface area contributed by atoms with Crippen molar-refractivity contribution in [2.45, 2.75) is 38.5 Å². The third kappa shape index (κ3) is 3.39. The minimum absolute atomic E-state index is 0. The summed E-state index contributed by atoms with van der Waals surface area (Å²) in [4.78, 5) is 13.8. The summed E-state index contributed by atoms with van der Waals surface area (Å²) < 4.78 is 25.9. The van der Waals surface area contributed by atoms with Crippen LogP contribution in [0.4, 0.5) is 5.69 Å². The minimum Gasteiger partial charge on any atom is -1.00 e. The van der Waals surface area contributed by atoms with Crippen molar-refractivity contribution in [2.75, 3.05) is 31.1 Å². The highest BCUT2D eigenvalue weighted by Gasteiger charge is 2.38. The summed E-state index contributed by atoms with van der Waals surface area (Å²) in [6.07, 6.45) is 1.43. The van der Waals surface area contributed by atoms with Crippen LogP contribution in [0.1, 0.15) is 33.6 Å². The van der Waals surface area contributed by atoms with Crippen molar-refractivity contribution in [2.24, 2.45) is 0 Å². The highest BCUT2D eigenvalue weighted by molar-refractivity contribution is 7.86. The van der Waals surface area contributed by atoms with Crippen molar-refractivity contribution in [3.63, 3.8) is 0 Å². The molecule has 1 saturated heterocycles. The zero-order valence-electron chi connectivity index (χ0n) is 14.0. The largest absolute Gasteiger partial charge is 1.00 e. The third-order valence-electron chi connectivity index (χ3n) is 4.76. The number of sulfonamides is 1. The Kier molecular flexibility index (Phi) is 6.62. The van der Waals surface area contributed by atoms with E-state index in [-0.39, 0.29) is 22.2 Å². The molecule has 0 saturated carbocycles. The maximum Gasteiger partial charge on any atom is 0.327 e. The van der Waals surface area contributed by atoms with E-state index in [1.807, 2.05) is 20.8 Å². The molecular weight excluding hydrogens is 336 g/mol. The Balaban J connectivity index is 0.00000264. The van der Waals surface area contributed by atoms with Crippen LogP contribution >= 0.6 is 0 Å². The number of amides is 1. The standard InChI is InChI=1S/C16H25N2O3S.ClH/c1-4-18(5-2,6-3)22(20,21)15-11-9-14(10-12-15)17-13-7-8-16(17)19;/h9-12H,4-8,13H2,1-3H3;1H/q+1;/p-1. The summed E-state index contributed by atoms with van der Waals surface area (Å²) in [5.74, 6) is 0.108. The lowest BCUT2D eigenvalue weighted by Gasteiger charge is -2.33. The van der Waals surface area contributed by atoms with Crippen LogP contribution < -0.4 is 17.3 Å². The molecule has 1 aromatic carbocycles. The van der Waals surface area contributed by atoms with Crippen LogP contribution in [0.25, 0.3) is 0 Å². The fraction of sp³-hybridized carbons (Fsp3) is 0.562. The van der Waals surface area contributed by atoms with Crippen LogP contribution in [0, 0.1) is 0 Å². The van der Waals surface area contributed by atoms with Gasteiger partial charge in [-0.25, -0.2) is 3.89 Å². The molecule has 1 fully saturated rings. The van der Waals surface area contributed by atoms with Crippen molar-refractivity contribution in [3.8, 4) is 0 Å². The van der Waals surface area contributed by atoms with Crippen LogP contribution in [0.3, 0.4) is 0 Å². The Labute approximate surface area is 145 Å². The molecule has 2 rings (SSSR count). The smallest absolute Gasteiger partial charge is 0.327 e. The number of carbonyl (C=O) groups is 1. The molecule has 1 heterocycles. The summed E-state index contributed by atoms with van der Waals surface area (Å²) in [5, 5.41) is 0. The topological polar surface area (TPSA) is 54.5 Å². The van der Waals surface area contributed by atoms with Crippen molar-refractivity contribution < 1.29 is 29.5 Å². The van der Waals surface area contributed by atoms with Crippen molar-refractivity contribution >= 4 is 21.6 Å². The first-order chi connectivity index (χ1) is 10.4. The second-order valence-electron chi connectivity index (χ2n) is 5.62. The van der Waals surface area contributed by atoms with Gasteiger partial charge < -0.3 is 17.3 Å². The Morgan fingerprint density at radius 1 is 1.04 bits per heavy atom. The van der Waals surface area contributed by atoms with Gasteiger partial charge in [-0.1, -0.05) is 0 Å². The van der Waals surface area contributed by atoms with Crippen LogP contribution in [0.15, 0.2) is 29.2 Å². The molecule has 1 aliphatic rings. The summed E-state index contributed by atoms with van der Waals surface area (Å²) in [7, 11) is -3.43. The molecule has 1 aliphatic heterocycles. The summed E-state index contributed by atoms with van der Waals surface area (Å²) in [6, 6.07) is 6.74. The van der Waals surface area contributed by atoms with Gasteiger partial charge in [-0.15, -0.1) is 0 Å². The first kappa shape index (κ1) is 19.9. The number of hydrogen-bond donors (Lipinski definition) is 0. The van der Waals surface area contributed by atoms with Crippen molar-refractivity contribution in [3.05, 3.63) is 24.3 Å². The Bertz CT molecular complexity index is 632. The van der Waals surface area contributed by atoms with Gasteiger partial charge in [-0.2, -0.15) is 8.42 Å². The number of hydrogen-bond acceptors (Lipinski definition) is 3. The van der Waals surface area contributed by atoms with E-state index < -0.39 is 10.0 Å². The van der Waals surface area contributed by atoms with Gasteiger partial charge >= 0.3 is 10.0 Å². The molecule has 0 aliphatic carbocycles. The predicted octanol–water partition coefficient (Wildman–Crippen LogP) is -0.617. The number of halogens is 1. The second-order valence-corrected chi connectivity index (χ2v) is 7.82. The lowest BCUT2D eigenvalue weighted by molar-refractivity contribution is -0.800. The maximum atomic E-state index is 12.9. The molecule has 0 bridgehead atoms. The second kappa shape index (κ2) is 7.64. The molecule has 1 amide bonds. The van der Waals surface area contributed by atoms with E-state index in [9.17, 15) is 13.2 Å². The molecule has 23 heavy (non-hydrogen) atoms. The van der Waals surface area contributed by atoms with Gasteiger partial charge in [0.2, 0.25) is 5.91 Å². The van der Waals surface area contributed by atoms with Gasteiger partial charge in [0, 0.05) is 18.7 Å². The Hall–Kier alpha value is -1.11. The number of carbonyl (C=O) groups excluding carboxylic acids is 1. The zero-order chi connectivity index (χ0) is 16.4. The van der Waals surface area contributed by atoms with Crippen LogP contribution in [0.2, 0.25) is 0 Å². The third-order valence-corrected chi connectivity index (χ3v) is 7.42. The predicted molar refractivity (Wildman–Crippen MR) is 87.1 cm³/mol. The fourth-order valence-electron chi connectivity index (χ4n) is 3.12. The highest BCUT2D eigenvalue weighted by atomic mass is 35.5. The van der Waals surface area contributed by atoms with E-state index in [0.29, 0.717) is 37.5 Å². The molecule has 0 radical (unpaired) electrons. The minimum atomic E-state index is -3.43. The summed E-state index contributed by atoms with van der Waals surface area (Å²) >= 11 is 0. The number of anilines is 1. The van der Waals surface area contributed by atoms with Gasteiger partial charge in [0.05, 0.1) is 19.6 Å². The van der Waals surface area contributed by atoms with Gasteiger partial charge in [-0.05, 0) is 51.5 Å². The zero-order valence-corrected chi connectivity index (χ0v) is 15.5. The fourth-order valence-corrected chi connectivity index (χ4v) is 5.07. The molecule has 0 N–H and O–H groups in total. The molecule has 7 heteroatoms. The monoisotopic (exact) mass is 360 g/mol. The normalized spacial score (nSPS) is 15.6. The number of quaternary nitrogens is 1. The van der Waals surface area contributed by atoms with Crippen LogP contribution in [0.5, 0.6) is 0 Å². The van der Waals surface area contributed by atoms with Gasteiger partial charge in [0.1, 0.15) is 4.90 Å². The molecule has 1 aromatic rings. The number of nitrogens with zero attached hydrogens (tertiary/aromatic N) is 2. The number of benzene rings is 1. The molecule has 130 valence electrons. The van der Waals surface area contributed by atoms with Crippen molar-refractivity contribution in [1.29, 1.82) is 0 Å². The maximum absolute atomic E-state index is 12.9. The molecule has 5 nitrogen and oxygen atoms in total. The molecular formula is C16H25ClN2O3S. The lowest BCUT2D eigenvalue weighted by Crippen LogP contribution is -3.00. The van der Waals surface area contributed by atoms with E-state index >= 15 is 0 Å². The molecule has 0 atom stereocenters. The highest BCUT2D eigenvalue weighted by Crippen LogP contribution is 2.27. The average Bonchev–Trinajstić information content (AvgIpc) is 2.95. The average molecular weight is 361 g/mol. The van der Waals surface area contributed by atoms with E-state index in [1.165, 1.54) is 0 Å². The quantitative estimate of drug-likeness (QED) is 0.635. The van der Waals surface area contributed by atoms with E-state index in [2.05, 4.69) is 0 Å². The van der Waals surface area contributed by atoms with Crippen LogP contribution in [-0.4, -0.2) is 44.4 Å². The molecule has 0 unspecified atom stereocenters.